The first-order valence-corrected chi connectivity index (χ1v) is 11.6. The maximum absolute atomic E-state index is 13.2. The normalized spacial score (nSPS) is 20.1. The van der Waals surface area contributed by atoms with E-state index in [1.165, 1.54) is 16.6 Å². The third-order valence-electron chi connectivity index (χ3n) is 5.93. The molecule has 2 fully saturated rings. The van der Waals surface area contributed by atoms with Crippen LogP contribution in [0.1, 0.15) is 67.1 Å². The predicted octanol–water partition coefficient (Wildman–Crippen LogP) is 2.09. The van der Waals surface area contributed by atoms with Gasteiger partial charge in [0.2, 0.25) is 15.9 Å². The van der Waals surface area contributed by atoms with Crippen LogP contribution in [-0.2, 0) is 22.6 Å². The second-order valence-electron chi connectivity index (χ2n) is 8.02. The minimum absolute atomic E-state index is 0.153. The van der Waals surface area contributed by atoms with Crippen LogP contribution in [0.25, 0.3) is 0 Å². The summed E-state index contributed by atoms with van der Waals surface area (Å²) in [7, 11) is -1.89. The van der Waals surface area contributed by atoms with Crippen LogP contribution in [0, 0.1) is 6.92 Å². The summed E-state index contributed by atoms with van der Waals surface area (Å²) in [4.78, 5) is 17.7. The highest BCUT2D eigenvalue weighted by molar-refractivity contribution is 7.89. The predicted molar refractivity (Wildman–Crippen MR) is 105 cm³/mol. The molecule has 10 heteroatoms. The van der Waals surface area contributed by atoms with Gasteiger partial charge in [0, 0.05) is 33.3 Å². The van der Waals surface area contributed by atoms with Crippen molar-refractivity contribution < 1.29 is 17.7 Å². The Hall–Kier alpha value is -2.20. The molecule has 2 aliphatic rings. The molecular formula is C19H27N5O4S. The quantitative estimate of drug-likeness (QED) is 0.791. The molecule has 2 aromatic heterocycles. The number of carbonyl (C=O) groups excluding carboxylic acids is 1. The molecule has 0 radical (unpaired) electrons. The first kappa shape index (κ1) is 20.1. The maximum atomic E-state index is 13.2. The molecule has 0 unspecified atom stereocenters. The summed E-state index contributed by atoms with van der Waals surface area (Å²) in [5, 5.41) is 7.17. The van der Waals surface area contributed by atoms with E-state index in [4.69, 9.17) is 4.52 Å². The van der Waals surface area contributed by atoms with Gasteiger partial charge in [0.25, 0.3) is 5.91 Å². The van der Waals surface area contributed by atoms with Gasteiger partial charge in [-0.25, -0.2) is 8.42 Å². The minimum atomic E-state index is -3.58. The number of amides is 1. The van der Waals surface area contributed by atoms with Gasteiger partial charge < -0.3 is 14.4 Å². The summed E-state index contributed by atoms with van der Waals surface area (Å²) in [6.45, 7) is 2.78. The molecule has 3 heterocycles. The molecule has 1 aliphatic carbocycles. The van der Waals surface area contributed by atoms with Gasteiger partial charge in [-0.2, -0.15) is 9.29 Å². The van der Waals surface area contributed by atoms with Crippen molar-refractivity contribution in [1.29, 1.82) is 0 Å². The number of aromatic nitrogens is 3. The number of aryl methyl sites for hydroxylation is 2. The lowest BCUT2D eigenvalue weighted by atomic mass is 9.81. The second kappa shape index (κ2) is 7.56. The average molecular weight is 422 g/mol. The number of rotatable bonds is 5. The summed E-state index contributed by atoms with van der Waals surface area (Å²) in [5.74, 6) is 0.610. The van der Waals surface area contributed by atoms with Gasteiger partial charge in [0.1, 0.15) is 16.1 Å². The molecule has 1 saturated carbocycles. The Morgan fingerprint density at radius 1 is 1.17 bits per heavy atom. The summed E-state index contributed by atoms with van der Waals surface area (Å²) >= 11 is 0. The Morgan fingerprint density at radius 3 is 2.48 bits per heavy atom. The van der Waals surface area contributed by atoms with Gasteiger partial charge in [-0.3, -0.25) is 4.79 Å². The standard InChI is InChI=1S/C19H27N5O4S/c1-14-20-18(22-28-14)19(8-4-3-5-9-19)21-17(25)16-12-15(13-23(16)2)29(26,27)24-10-6-7-11-24/h12-13H,3-11H2,1-2H3,(H,21,25). The Kier molecular flexibility index (Phi) is 5.24. The number of carbonyl (C=O) groups is 1. The van der Waals surface area contributed by atoms with Gasteiger partial charge >= 0.3 is 0 Å². The van der Waals surface area contributed by atoms with E-state index in [-0.39, 0.29) is 10.8 Å². The third-order valence-corrected chi connectivity index (χ3v) is 7.79. The van der Waals surface area contributed by atoms with Crippen LogP contribution in [0.3, 0.4) is 0 Å². The molecule has 0 aromatic carbocycles. The van der Waals surface area contributed by atoms with E-state index in [9.17, 15) is 13.2 Å². The van der Waals surface area contributed by atoms with Crippen LogP contribution >= 0.6 is 0 Å². The zero-order chi connectivity index (χ0) is 20.6. The van der Waals surface area contributed by atoms with Crippen LogP contribution in [0.5, 0.6) is 0 Å². The van der Waals surface area contributed by atoms with E-state index in [0.717, 1.165) is 44.9 Å². The SMILES string of the molecule is Cc1nc(C2(NC(=O)c3cc(S(=O)(=O)N4CCCC4)cn3C)CCCCC2)no1. The Labute approximate surface area is 170 Å². The van der Waals surface area contributed by atoms with E-state index in [1.807, 2.05) is 0 Å². The molecule has 0 atom stereocenters. The molecule has 0 spiro atoms. The smallest absolute Gasteiger partial charge is 0.268 e. The minimum Gasteiger partial charge on any atom is -0.345 e. The Morgan fingerprint density at radius 2 is 1.86 bits per heavy atom. The van der Waals surface area contributed by atoms with Crippen LogP contribution in [0.15, 0.2) is 21.7 Å². The summed E-state index contributed by atoms with van der Waals surface area (Å²) in [6.07, 6.45) is 7.69. The van der Waals surface area contributed by atoms with E-state index in [0.29, 0.717) is 30.5 Å². The first-order valence-electron chi connectivity index (χ1n) is 10.1. The van der Waals surface area contributed by atoms with Crippen molar-refractivity contribution in [3.05, 3.63) is 29.7 Å². The molecule has 1 N–H and O–H groups in total. The average Bonchev–Trinajstić information content (AvgIpc) is 3.43. The molecule has 1 saturated heterocycles. The largest absolute Gasteiger partial charge is 0.345 e. The molecule has 1 amide bonds. The van der Waals surface area contributed by atoms with Crippen LogP contribution in [0.2, 0.25) is 0 Å². The van der Waals surface area contributed by atoms with Crippen molar-refractivity contribution in [2.45, 2.75) is 62.3 Å². The zero-order valence-corrected chi connectivity index (χ0v) is 17.7. The fourth-order valence-electron chi connectivity index (χ4n) is 4.31. The van der Waals surface area contributed by atoms with E-state index < -0.39 is 15.6 Å². The molecule has 158 valence electrons. The molecular weight excluding hydrogens is 394 g/mol. The van der Waals surface area contributed by atoms with Crippen molar-refractivity contribution in [3.8, 4) is 0 Å². The zero-order valence-electron chi connectivity index (χ0n) is 16.8. The van der Waals surface area contributed by atoms with Crippen molar-refractivity contribution in [2.75, 3.05) is 13.1 Å². The van der Waals surface area contributed by atoms with Gasteiger partial charge in [-0.05, 0) is 31.7 Å². The molecule has 0 bridgehead atoms. The van der Waals surface area contributed by atoms with Gasteiger partial charge in [-0.1, -0.05) is 24.4 Å². The van der Waals surface area contributed by atoms with Crippen LogP contribution in [0.4, 0.5) is 0 Å². The monoisotopic (exact) mass is 421 g/mol. The topological polar surface area (TPSA) is 110 Å². The van der Waals surface area contributed by atoms with Crippen molar-refractivity contribution in [3.63, 3.8) is 0 Å². The highest BCUT2D eigenvalue weighted by Crippen LogP contribution is 2.36. The number of hydrogen-bond donors (Lipinski definition) is 1. The molecule has 9 nitrogen and oxygen atoms in total. The van der Waals surface area contributed by atoms with E-state index >= 15 is 0 Å². The fourth-order valence-corrected chi connectivity index (χ4v) is 5.90. The molecule has 1 aliphatic heterocycles. The summed E-state index contributed by atoms with van der Waals surface area (Å²) in [5.41, 5.74) is -0.390. The number of nitrogens with zero attached hydrogens (tertiary/aromatic N) is 4. The highest BCUT2D eigenvalue weighted by Gasteiger charge is 2.40. The van der Waals surface area contributed by atoms with Crippen LogP contribution in [-0.4, -0.2) is 46.4 Å². The summed E-state index contributed by atoms with van der Waals surface area (Å²) in [6, 6.07) is 1.46. The van der Waals surface area contributed by atoms with E-state index in [1.54, 1.807) is 18.5 Å². The number of nitrogens with one attached hydrogen (secondary N) is 1. The summed E-state index contributed by atoms with van der Waals surface area (Å²) < 4.78 is 33.9. The number of sulfonamides is 1. The van der Waals surface area contributed by atoms with Crippen molar-refractivity contribution >= 4 is 15.9 Å². The highest BCUT2D eigenvalue weighted by atomic mass is 32.2. The second-order valence-corrected chi connectivity index (χ2v) is 9.95. The van der Waals surface area contributed by atoms with Gasteiger partial charge in [0.05, 0.1) is 0 Å². The molecule has 4 rings (SSSR count). The third kappa shape index (κ3) is 3.71. The Balaban J connectivity index is 1.61. The lowest BCUT2D eigenvalue weighted by Gasteiger charge is -2.35. The molecule has 2 aromatic rings. The van der Waals surface area contributed by atoms with Crippen molar-refractivity contribution in [1.82, 2.24) is 24.3 Å². The number of hydrogen-bond acceptors (Lipinski definition) is 6. The van der Waals surface area contributed by atoms with Gasteiger partial charge in [0.15, 0.2) is 5.82 Å². The lowest BCUT2D eigenvalue weighted by Crippen LogP contribution is -2.48. The van der Waals surface area contributed by atoms with Crippen LogP contribution < -0.4 is 5.32 Å². The maximum Gasteiger partial charge on any atom is 0.268 e. The van der Waals surface area contributed by atoms with Gasteiger partial charge in [-0.15, -0.1) is 0 Å². The molecule has 29 heavy (non-hydrogen) atoms. The lowest BCUT2D eigenvalue weighted by molar-refractivity contribution is 0.0847. The van der Waals surface area contributed by atoms with E-state index in [2.05, 4.69) is 15.5 Å². The van der Waals surface area contributed by atoms with Crippen molar-refractivity contribution in [2.24, 2.45) is 7.05 Å². The first-order chi connectivity index (χ1) is 13.8. The Bertz CT molecular complexity index is 998. The fraction of sp³-hybridized carbons (Fsp3) is 0.632.